The van der Waals surface area contributed by atoms with Gasteiger partial charge in [0.25, 0.3) is 5.91 Å². The van der Waals surface area contributed by atoms with Crippen LogP contribution in [0.15, 0.2) is 53.6 Å². The third kappa shape index (κ3) is 3.80. The van der Waals surface area contributed by atoms with Gasteiger partial charge in [0.2, 0.25) is 0 Å². The van der Waals surface area contributed by atoms with Gasteiger partial charge in [-0.2, -0.15) is 5.10 Å². The Morgan fingerprint density at radius 3 is 2.20 bits per heavy atom. The van der Waals surface area contributed by atoms with E-state index in [1.54, 1.807) is 43.3 Å². The SMILES string of the molecule is C/C(=N/NC(=O)c1ccc(I)cc1)c1ccc(O)cc1. The molecule has 0 spiro atoms. The van der Waals surface area contributed by atoms with Crippen LogP contribution in [0.1, 0.15) is 22.8 Å². The molecule has 2 aromatic carbocycles. The molecule has 0 aliphatic rings. The number of nitrogens with zero attached hydrogens (tertiary/aromatic N) is 1. The molecule has 102 valence electrons. The number of phenolic OH excluding ortho intramolecular Hbond substituents is 1. The molecule has 0 bridgehead atoms. The second kappa shape index (κ2) is 6.51. The number of hydrogen-bond acceptors (Lipinski definition) is 3. The van der Waals surface area contributed by atoms with Gasteiger partial charge in [-0.25, -0.2) is 5.43 Å². The molecule has 2 rings (SSSR count). The summed E-state index contributed by atoms with van der Waals surface area (Å²) in [5, 5.41) is 13.3. The summed E-state index contributed by atoms with van der Waals surface area (Å²) in [4.78, 5) is 11.9. The molecule has 0 atom stereocenters. The van der Waals surface area contributed by atoms with Crippen LogP contribution in [-0.2, 0) is 0 Å². The lowest BCUT2D eigenvalue weighted by atomic mass is 10.1. The lowest BCUT2D eigenvalue weighted by Crippen LogP contribution is -2.19. The van der Waals surface area contributed by atoms with E-state index in [1.165, 1.54) is 0 Å². The zero-order valence-corrected chi connectivity index (χ0v) is 13.0. The Labute approximate surface area is 130 Å². The number of amides is 1. The van der Waals surface area contributed by atoms with E-state index in [1.807, 2.05) is 12.1 Å². The Morgan fingerprint density at radius 2 is 1.60 bits per heavy atom. The molecular weight excluding hydrogens is 367 g/mol. The highest BCUT2D eigenvalue weighted by Gasteiger charge is 2.04. The summed E-state index contributed by atoms with van der Waals surface area (Å²) in [6.07, 6.45) is 0. The van der Waals surface area contributed by atoms with Crippen molar-refractivity contribution in [3.63, 3.8) is 0 Å². The van der Waals surface area contributed by atoms with Crippen molar-refractivity contribution < 1.29 is 9.90 Å². The monoisotopic (exact) mass is 380 g/mol. The van der Waals surface area contributed by atoms with Crippen molar-refractivity contribution >= 4 is 34.2 Å². The maximum atomic E-state index is 11.9. The molecule has 2 aromatic rings. The van der Waals surface area contributed by atoms with E-state index >= 15 is 0 Å². The number of benzene rings is 2. The predicted molar refractivity (Wildman–Crippen MR) is 86.9 cm³/mol. The van der Waals surface area contributed by atoms with Crippen molar-refractivity contribution in [2.24, 2.45) is 5.10 Å². The van der Waals surface area contributed by atoms with Crippen LogP contribution in [0.2, 0.25) is 0 Å². The molecule has 0 aliphatic carbocycles. The van der Waals surface area contributed by atoms with Crippen molar-refractivity contribution in [1.82, 2.24) is 5.43 Å². The van der Waals surface area contributed by atoms with Gasteiger partial charge in [0.05, 0.1) is 5.71 Å². The number of nitrogens with one attached hydrogen (secondary N) is 1. The number of halogens is 1. The number of carbonyl (C=O) groups excluding carboxylic acids is 1. The van der Waals surface area contributed by atoms with Crippen LogP contribution in [0.5, 0.6) is 5.75 Å². The summed E-state index contributed by atoms with van der Waals surface area (Å²) in [7, 11) is 0. The van der Waals surface area contributed by atoms with Gasteiger partial charge >= 0.3 is 0 Å². The van der Waals surface area contributed by atoms with Crippen LogP contribution in [0.25, 0.3) is 0 Å². The quantitative estimate of drug-likeness (QED) is 0.488. The normalized spacial score (nSPS) is 11.2. The van der Waals surface area contributed by atoms with Gasteiger partial charge in [-0.05, 0) is 83.6 Å². The second-order valence-corrected chi connectivity index (χ2v) is 5.44. The van der Waals surface area contributed by atoms with Gasteiger partial charge in [0.15, 0.2) is 0 Å². The third-order valence-corrected chi connectivity index (χ3v) is 3.44. The van der Waals surface area contributed by atoms with E-state index in [2.05, 4.69) is 33.1 Å². The number of aromatic hydroxyl groups is 1. The van der Waals surface area contributed by atoms with E-state index in [0.29, 0.717) is 11.3 Å². The number of carbonyl (C=O) groups is 1. The van der Waals surface area contributed by atoms with E-state index < -0.39 is 0 Å². The largest absolute Gasteiger partial charge is 0.508 e. The summed E-state index contributed by atoms with van der Waals surface area (Å²) in [5.41, 5.74) is 4.59. The zero-order valence-electron chi connectivity index (χ0n) is 10.8. The maximum Gasteiger partial charge on any atom is 0.271 e. The minimum atomic E-state index is -0.250. The summed E-state index contributed by atoms with van der Waals surface area (Å²) in [5.74, 6) is -0.0518. The smallest absolute Gasteiger partial charge is 0.271 e. The van der Waals surface area contributed by atoms with Crippen molar-refractivity contribution in [1.29, 1.82) is 0 Å². The first kappa shape index (κ1) is 14.5. The molecule has 0 unspecified atom stereocenters. The minimum absolute atomic E-state index is 0.199. The minimum Gasteiger partial charge on any atom is -0.508 e. The van der Waals surface area contributed by atoms with E-state index in [0.717, 1.165) is 9.13 Å². The Bertz CT molecular complexity index is 634. The average molecular weight is 380 g/mol. The molecule has 0 heterocycles. The summed E-state index contributed by atoms with van der Waals surface area (Å²) >= 11 is 2.18. The van der Waals surface area contributed by atoms with Crippen LogP contribution in [0, 0.1) is 3.57 Å². The second-order valence-electron chi connectivity index (χ2n) is 4.19. The molecule has 5 heteroatoms. The van der Waals surface area contributed by atoms with Crippen LogP contribution in [0.4, 0.5) is 0 Å². The molecule has 1 amide bonds. The molecule has 4 nitrogen and oxygen atoms in total. The standard InChI is InChI=1S/C15H13IN2O2/c1-10(11-4-8-14(19)9-5-11)17-18-15(20)12-2-6-13(16)7-3-12/h2-9,19H,1H3,(H,18,20)/b17-10-. The topological polar surface area (TPSA) is 61.7 Å². The highest BCUT2D eigenvalue weighted by atomic mass is 127. The lowest BCUT2D eigenvalue weighted by molar-refractivity contribution is 0.0955. The Kier molecular flexibility index (Phi) is 4.73. The molecule has 2 N–H and O–H groups in total. The molecule has 0 aromatic heterocycles. The average Bonchev–Trinajstić information content (AvgIpc) is 2.46. The maximum absolute atomic E-state index is 11.9. The van der Waals surface area contributed by atoms with Crippen LogP contribution < -0.4 is 5.43 Å². The van der Waals surface area contributed by atoms with E-state index in [9.17, 15) is 9.90 Å². The van der Waals surface area contributed by atoms with Crippen molar-refractivity contribution in [2.45, 2.75) is 6.92 Å². The molecule has 0 aliphatic heterocycles. The van der Waals surface area contributed by atoms with Crippen LogP contribution >= 0.6 is 22.6 Å². The number of phenols is 1. The number of hydrogen-bond donors (Lipinski definition) is 2. The fourth-order valence-corrected chi connectivity index (χ4v) is 1.93. The van der Waals surface area contributed by atoms with Gasteiger partial charge in [-0.15, -0.1) is 0 Å². The van der Waals surface area contributed by atoms with Gasteiger partial charge in [-0.1, -0.05) is 0 Å². The third-order valence-electron chi connectivity index (χ3n) is 2.72. The summed E-state index contributed by atoms with van der Waals surface area (Å²) in [6.45, 7) is 1.79. The van der Waals surface area contributed by atoms with Crippen molar-refractivity contribution in [2.75, 3.05) is 0 Å². The van der Waals surface area contributed by atoms with Gasteiger partial charge in [0.1, 0.15) is 5.75 Å². The van der Waals surface area contributed by atoms with Gasteiger partial charge in [0, 0.05) is 9.13 Å². The predicted octanol–water partition coefficient (Wildman–Crippen LogP) is 3.15. The van der Waals surface area contributed by atoms with E-state index in [-0.39, 0.29) is 11.7 Å². The highest BCUT2D eigenvalue weighted by molar-refractivity contribution is 14.1. The van der Waals surface area contributed by atoms with Crippen LogP contribution in [0.3, 0.4) is 0 Å². The Hall–Kier alpha value is -1.89. The molecule has 0 radical (unpaired) electrons. The lowest BCUT2D eigenvalue weighted by Gasteiger charge is -2.03. The molecule has 0 saturated heterocycles. The Morgan fingerprint density at radius 1 is 1.05 bits per heavy atom. The van der Waals surface area contributed by atoms with Crippen LogP contribution in [-0.4, -0.2) is 16.7 Å². The first-order chi connectivity index (χ1) is 9.56. The molecule has 20 heavy (non-hydrogen) atoms. The van der Waals surface area contributed by atoms with Crippen molar-refractivity contribution in [3.05, 3.63) is 63.2 Å². The number of rotatable bonds is 3. The zero-order chi connectivity index (χ0) is 14.5. The Balaban J connectivity index is 2.06. The molecule has 0 saturated carbocycles. The summed E-state index contributed by atoms with van der Waals surface area (Å²) in [6, 6.07) is 13.9. The van der Waals surface area contributed by atoms with Gasteiger partial charge in [-0.3, -0.25) is 4.79 Å². The molecule has 0 fully saturated rings. The highest BCUT2D eigenvalue weighted by Crippen LogP contribution is 2.10. The fraction of sp³-hybridized carbons (Fsp3) is 0.0667. The first-order valence-corrected chi connectivity index (χ1v) is 7.04. The number of hydrazone groups is 1. The fourth-order valence-electron chi connectivity index (χ4n) is 1.57. The summed E-state index contributed by atoms with van der Waals surface area (Å²) < 4.78 is 1.07. The van der Waals surface area contributed by atoms with E-state index in [4.69, 9.17) is 0 Å². The van der Waals surface area contributed by atoms with Gasteiger partial charge < -0.3 is 5.11 Å². The van der Waals surface area contributed by atoms with Crippen molar-refractivity contribution in [3.8, 4) is 5.75 Å². The first-order valence-electron chi connectivity index (χ1n) is 5.96. The molecular formula is C15H13IN2O2.